The van der Waals surface area contributed by atoms with Gasteiger partial charge >= 0.3 is 5.97 Å². The maximum absolute atomic E-state index is 13.2. The SMILES string of the molecule is Cc1cc(C(=O)OCC(=O)NC2CCOc3ccccc32)c(C)n1-c1ccc(F)cc1. The monoisotopic (exact) mass is 422 g/mol. The van der Waals surface area contributed by atoms with Gasteiger partial charge in [0.15, 0.2) is 6.61 Å². The molecule has 6 nitrogen and oxygen atoms in total. The summed E-state index contributed by atoms with van der Waals surface area (Å²) in [6, 6.07) is 15.1. The summed E-state index contributed by atoms with van der Waals surface area (Å²) in [4.78, 5) is 25.0. The lowest BCUT2D eigenvalue weighted by atomic mass is 10.0. The minimum absolute atomic E-state index is 0.181. The van der Waals surface area contributed by atoms with Crippen LogP contribution in [0, 0.1) is 19.7 Å². The van der Waals surface area contributed by atoms with E-state index in [9.17, 15) is 14.0 Å². The Labute approximate surface area is 179 Å². The normalized spacial score (nSPS) is 15.0. The predicted molar refractivity (Wildman–Crippen MR) is 113 cm³/mol. The zero-order chi connectivity index (χ0) is 22.0. The van der Waals surface area contributed by atoms with Gasteiger partial charge in [-0.1, -0.05) is 18.2 Å². The minimum Gasteiger partial charge on any atom is -0.493 e. The molecule has 1 aromatic heterocycles. The fraction of sp³-hybridized carbons (Fsp3) is 0.250. The molecular formula is C24H23FN2O4. The topological polar surface area (TPSA) is 69.6 Å². The van der Waals surface area contributed by atoms with Crippen molar-refractivity contribution in [3.8, 4) is 11.4 Å². The van der Waals surface area contributed by atoms with Crippen molar-refractivity contribution in [3.05, 3.63) is 82.9 Å². The number of carbonyl (C=O) groups excluding carboxylic acids is 2. The number of fused-ring (bicyclic) bond motifs is 1. The standard InChI is InChI=1S/C24H23FN2O4/c1-15-13-20(16(2)27(15)18-9-7-17(25)8-10-18)24(29)31-14-23(28)26-21-11-12-30-22-6-4-3-5-19(21)22/h3-10,13,21H,11-12,14H2,1-2H3,(H,26,28). The molecule has 3 aromatic rings. The zero-order valence-corrected chi connectivity index (χ0v) is 17.4. The summed E-state index contributed by atoms with van der Waals surface area (Å²) in [7, 11) is 0. The molecule has 1 N–H and O–H groups in total. The Kier molecular flexibility index (Phi) is 5.75. The highest BCUT2D eigenvalue weighted by Gasteiger charge is 2.24. The molecule has 0 spiro atoms. The number of benzene rings is 2. The summed E-state index contributed by atoms with van der Waals surface area (Å²) in [6.45, 7) is 3.77. The number of ether oxygens (including phenoxy) is 2. The molecule has 31 heavy (non-hydrogen) atoms. The smallest absolute Gasteiger partial charge is 0.340 e. The number of nitrogens with one attached hydrogen (secondary N) is 1. The highest BCUT2D eigenvalue weighted by molar-refractivity contribution is 5.93. The molecule has 1 aliphatic rings. The number of halogens is 1. The number of carbonyl (C=O) groups is 2. The zero-order valence-electron chi connectivity index (χ0n) is 17.4. The Hall–Kier alpha value is -3.61. The molecule has 0 bridgehead atoms. The van der Waals surface area contributed by atoms with Crippen molar-refractivity contribution in [2.75, 3.05) is 13.2 Å². The summed E-state index contributed by atoms with van der Waals surface area (Å²) in [5.41, 5.74) is 3.49. The second kappa shape index (κ2) is 8.63. The molecule has 1 atom stereocenters. The fourth-order valence-corrected chi connectivity index (χ4v) is 3.89. The van der Waals surface area contributed by atoms with Crippen LogP contribution in [0.2, 0.25) is 0 Å². The number of hydrogen-bond donors (Lipinski definition) is 1. The lowest BCUT2D eigenvalue weighted by molar-refractivity contribution is -0.125. The van der Waals surface area contributed by atoms with Gasteiger partial charge in [0.2, 0.25) is 0 Å². The maximum Gasteiger partial charge on any atom is 0.340 e. The first-order valence-electron chi connectivity index (χ1n) is 10.1. The van der Waals surface area contributed by atoms with E-state index in [1.165, 1.54) is 12.1 Å². The molecule has 0 saturated heterocycles. The van der Waals surface area contributed by atoms with E-state index < -0.39 is 5.97 Å². The van der Waals surface area contributed by atoms with Crippen LogP contribution in [0.25, 0.3) is 5.69 Å². The summed E-state index contributed by atoms with van der Waals surface area (Å²) >= 11 is 0. The molecule has 4 rings (SSSR count). The number of hydrogen-bond acceptors (Lipinski definition) is 4. The van der Waals surface area contributed by atoms with Crippen molar-refractivity contribution in [1.29, 1.82) is 0 Å². The van der Waals surface area contributed by atoms with Gasteiger partial charge in [-0.05, 0) is 50.2 Å². The summed E-state index contributed by atoms with van der Waals surface area (Å²) in [5.74, 6) is -0.528. The third-order valence-electron chi connectivity index (χ3n) is 5.36. The van der Waals surface area contributed by atoms with Crippen molar-refractivity contribution in [1.82, 2.24) is 9.88 Å². The molecule has 2 aromatic carbocycles. The Balaban J connectivity index is 1.41. The second-order valence-corrected chi connectivity index (χ2v) is 7.47. The van der Waals surface area contributed by atoms with Gasteiger partial charge in [-0.25, -0.2) is 9.18 Å². The van der Waals surface area contributed by atoms with Gasteiger partial charge in [-0.15, -0.1) is 0 Å². The van der Waals surface area contributed by atoms with Crippen LogP contribution in [-0.2, 0) is 9.53 Å². The van der Waals surface area contributed by atoms with Crippen molar-refractivity contribution < 1.29 is 23.5 Å². The molecule has 160 valence electrons. The van der Waals surface area contributed by atoms with Crippen molar-refractivity contribution >= 4 is 11.9 Å². The summed E-state index contributed by atoms with van der Waals surface area (Å²) in [5, 5.41) is 2.91. The van der Waals surface area contributed by atoms with Gasteiger partial charge in [0.1, 0.15) is 11.6 Å². The van der Waals surface area contributed by atoms with Crippen LogP contribution in [0.3, 0.4) is 0 Å². The summed E-state index contributed by atoms with van der Waals surface area (Å²) in [6.07, 6.45) is 0.648. The molecule has 2 heterocycles. The highest BCUT2D eigenvalue weighted by atomic mass is 19.1. The third-order valence-corrected chi connectivity index (χ3v) is 5.36. The van der Waals surface area contributed by atoms with E-state index in [1.807, 2.05) is 35.8 Å². The van der Waals surface area contributed by atoms with Gasteiger partial charge in [0.25, 0.3) is 5.91 Å². The second-order valence-electron chi connectivity index (χ2n) is 7.47. The minimum atomic E-state index is -0.580. The Morgan fingerprint density at radius 1 is 1.16 bits per heavy atom. The van der Waals surface area contributed by atoms with Gasteiger partial charge in [-0.3, -0.25) is 4.79 Å². The quantitative estimate of drug-likeness (QED) is 0.631. The first-order chi connectivity index (χ1) is 14.9. The van der Waals surface area contributed by atoms with E-state index in [0.29, 0.717) is 24.3 Å². The Morgan fingerprint density at radius 3 is 2.68 bits per heavy atom. The van der Waals surface area contributed by atoms with Gasteiger partial charge < -0.3 is 19.4 Å². The van der Waals surface area contributed by atoms with Crippen LogP contribution < -0.4 is 10.1 Å². The molecule has 1 aliphatic heterocycles. The van der Waals surface area contributed by atoms with Crippen LogP contribution in [-0.4, -0.2) is 29.7 Å². The van der Waals surface area contributed by atoms with E-state index in [1.54, 1.807) is 25.1 Å². The molecule has 0 saturated carbocycles. The van der Waals surface area contributed by atoms with Gasteiger partial charge in [0.05, 0.1) is 18.2 Å². The fourth-order valence-electron chi connectivity index (χ4n) is 3.89. The molecule has 0 fully saturated rings. The first-order valence-corrected chi connectivity index (χ1v) is 10.1. The molecule has 0 aliphatic carbocycles. The predicted octanol–water partition coefficient (Wildman–Crippen LogP) is 4.03. The Morgan fingerprint density at radius 2 is 1.90 bits per heavy atom. The van der Waals surface area contributed by atoms with Crippen LogP contribution in [0.5, 0.6) is 5.75 Å². The lowest BCUT2D eigenvalue weighted by Gasteiger charge is -2.26. The average Bonchev–Trinajstić information content (AvgIpc) is 3.07. The highest BCUT2D eigenvalue weighted by Crippen LogP contribution is 2.31. The lowest BCUT2D eigenvalue weighted by Crippen LogP contribution is -2.35. The summed E-state index contributed by atoms with van der Waals surface area (Å²) < 4.78 is 25.9. The van der Waals surface area contributed by atoms with Crippen LogP contribution >= 0.6 is 0 Å². The van der Waals surface area contributed by atoms with Crippen LogP contribution in [0.15, 0.2) is 54.6 Å². The van der Waals surface area contributed by atoms with Gasteiger partial charge in [-0.2, -0.15) is 0 Å². The maximum atomic E-state index is 13.2. The van der Waals surface area contributed by atoms with Crippen LogP contribution in [0.1, 0.15) is 39.8 Å². The number of amides is 1. The van der Waals surface area contributed by atoms with E-state index in [2.05, 4.69) is 5.32 Å². The van der Waals surface area contributed by atoms with Crippen molar-refractivity contribution in [2.24, 2.45) is 0 Å². The number of aromatic nitrogens is 1. The molecule has 0 radical (unpaired) electrons. The Bertz CT molecular complexity index is 1120. The molecule has 7 heteroatoms. The van der Waals surface area contributed by atoms with Crippen LogP contribution in [0.4, 0.5) is 4.39 Å². The average molecular weight is 422 g/mol. The van der Waals surface area contributed by atoms with E-state index >= 15 is 0 Å². The van der Waals surface area contributed by atoms with E-state index in [0.717, 1.165) is 22.7 Å². The molecule has 1 amide bonds. The van der Waals surface area contributed by atoms with Gasteiger partial charge in [0, 0.05) is 29.1 Å². The number of nitrogens with zero attached hydrogens (tertiary/aromatic N) is 1. The van der Waals surface area contributed by atoms with E-state index in [-0.39, 0.29) is 24.4 Å². The molecule has 1 unspecified atom stereocenters. The van der Waals surface area contributed by atoms with Crippen molar-refractivity contribution in [3.63, 3.8) is 0 Å². The third kappa shape index (κ3) is 4.30. The number of rotatable bonds is 5. The first kappa shape index (κ1) is 20.7. The van der Waals surface area contributed by atoms with Crippen molar-refractivity contribution in [2.45, 2.75) is 26.3 Å². The number of esters is 1. The number of aryl methyl sites for hydroxylation is 1. The molecular weight excluding hydrogens is 399 g/mol. The largest absolute Gasteiger partial charge is 0.493 e. The van der Waals surface area contributed by atoms with E-state index in [4.69, 9.17) is 9.47 Å². The number of para-hydroxylation sites is 1.